The van der Waals surface area contributed by atoms with Crippen LogP contribution < -0.4 is 5.32 Å². The summed E-state index contributed by atoms with van der Waals surface area (Å²) in [6.45, 7) is 3.56. The van der Waals surface area contributed by atoms with Gasteiger partial charge < -0.3 is 9.73 Å². The van der Waals surface area contributed by atoms with Gasteiger partial charge in [-0.25, -0.2) is 4.39 Å². The molecular formula is C15H17BrClFN2O. The van der Waals surface area contributed by atoms with Crippen molar-refractivity contribution in [3.8, 4) is 0 Å². The number of nitrogens with one attached hydrogen (secondary N) is 1. The summed E-state index contributed by atoms with van der Waals surface area (Å²) in [4.78, 5) is 2.25. The SMILES string of the molecule is Cl.Fc1ccc(Br)cc1[C@@H](c1ccco1)N1CCNCC1. The standard InChI is InChI=1S/C15H16BrFN2O.ClH/c16-11-3-4-13(17)12(10-11)15(14-2-1-9-20-14)19-7-5-18-6-8-19;/h1-4,9-10,15,18H,5-8H2;1H/t15-;/m0./s1. The molecule has 1 atom stereocenters. The zero-order chi connectivity index (χ0) is 13.9. The molecule has 3 rings (SSSR count). The molecule has 0 aliphatic carbocycles. The Morgan fingerprint density at radius 2 is 2.00 bits per heavy atom. The zero-order valence-corrected chi connectivity index (χ0v) is 13.8. The number of piperazine rings is 1. The van der Waals surface area contributed by atoms with E-state index in [1.165, 1.54) is 6.07 Å². The van der Waals surface area contributed by atoms with Crippen molar-refractivity contribution in [2.75, 3.05) is 26.2 Å². The van der Waals surface area contributed by atoms with Crippen molar-refractivity contribution < 1.29 is 8.81 Å². The van der Waals surface area contributed by atoms with Crippen molar-refractivity contribution in [1.82, 2.24) is 10.2 Å². The number of benzene rings is 1. The fraction of sp³-hybridized carbons (Fsp3) is 0.333. The van der Waals surface area contributed by atoms with Gasteiger partial charge in [0.25, 0.3) is 0 Å². The molecule has 1 aliphatic rings. The van der Waals surface area contributed by atoms with Crippen LogP contribution in [0.4, 0.5) is 4.39 Å². The van der Waals surface area contributed by atoms with Crippen LogP contribution in [0.5, 0.6) is 0 Å². The van der Waals surface area contributed by atoms with Gasteiger partial charge in [0.15, 0.2) is 0 Å². The lowest BCUT2D eigenvalue weighted by Crippen LogP contribution is -2.45. The summed E-state index contributed by atoms with van der Waals surface area (Å²) < 4.78 is 20.7. The van der Waals surface area contributed by atoms with Gasteiger partial charge in [-0.15, -0.1) is 12.4 Å². The molecule has 1 aliphatic heterocycles. The summed E-state index contributed by atoms with van der Waals surface area (Å²) in [6.07, 6.45) is 1.64. The van der Waals surface area contributed by atoms with Gasteiger partial charge in [0.2, 0.25) is 0 Å². The monoisotopic (exact) mass is 374 g/mol. The lowest BCUT2D eigenvalue weighted by atomic mass is 10.0. The predicted octanol–water partition coefficient (Wildman–Crippen LogP) is 3.60. The normalized spacial score (nSPS) is 17.2. The number of halogens is 3. The molecule has 0 spiro atoms. The van der Waals surface area contributed by atoms with Crippen LogP contribution in [0.1, 0.15) is 17.4 Å². The van der Waals surface area contributed by atoms with E-state index in [9.17, 15) is 4.39 Å². The van der Waals surface area contributed by atoms with Gasteiger partial charge in [0.05, 0.1) is 12.3 Å². The van der Waals surface area contributed by atoms with Crippen molar-refractivity contribution in [3.05, 3.63) is 58.2 Å². The van der Waals surface area contributed by atoms with Crippen LogP contribution in [0.25, 0.3) is 0 Å². The van der Waals surface area contributed by atoms with Crippen LogP contribution in [0.15, 0.2) is 45.5 Å². The molecule has 0 saturated carbocycles. The average Bonchev–Trinajstić information content (AvgIpc) is 2.98. The van der Waals surface area contributed by atoms with Crippen LogP contribution in [0.3, 0.4) is 0 Å². The molecule has 1 aromatic carbocycles. The molecule has 0 radical (unpaired) electrons. The average molecular weight is 376 g/mol. The highest BCUT2D eigenvalue weighted by atomic mass is 79.9. The zero-order valence-electron chi connectivity index (χ0n) is 11.4. The molecule has 1 N–H and O–H groups in total. The molecule has 2 heterocycles. The quantitative estimate of drug-likeness (QED) is 0.888. The number of rotatable bonds is 3. The van der Waals surface area contributed by atoms with Crippen molar-refractivity contribution in [1.29, 1.82) is 0 Å². The van der Waals surface area contributed by atoms with Crippen LogP contribution in [-0.2, 0) is 0 Å². The first kappa shape index (κ1) is 16.5. The van der Waals surface area contributed by atoms with E-state index in [4.69, 9.17) is 4.42 Å². The summed E-state index contributed by atoms with van der Waals surface area (Å²) in [7, 11) is 0. The van der Waals surface area contributed by atoms with Gasteiger partial charge >= 0.3 is 0 Å². The Balaban J connectivity index is 0.00000161. The van der Waals surface area contributed by atoms with Crippen molar-refractivity contribution in [2.45, 2.75) is 6.04 Å². The third-order valence-corrected chi connectivity index (χ3v) is 4.08. The van der Waals surface area contributed by atoms with E-state index in [0.717, 1.165) is 36.4 Å². The predicted molar refractivity (Wildman–Crippen MR) is 86.3 cm³/mol. The van der Waals surface area contributed by atoms with Crippen LogP contribution in [0.2, 0.25) is 0 Å². The lowest BCUT2D eigenvalue weighted by molar-refractivity contribution is 0.177. The molecule has 6 heteroatoms. The van der Waals surface area contributed by atoms with Gasteiger partial charge in [-0.05, 0) is 30.3 Å². The van der Waals surface area contributed by atoms with Crippen molar-refractivity contribution >= 4 is 28.3 Å². The maximum atomic E-state index is 14.3. The maximum absolute atomic E-state index is 14.3. The maximum Gasteiger partial charge on any atom is 0.128 e. The van der Waals surface area contributed by atoms with Crippen LogP contribution in [0, 0.1) is 5.82 Å². The van der Waals surface area contributed by atoms with E-state index in [0.29, 0.717) is 5.56 Å². The largest absolute Gasteiger partial charge is 0.467 e. The fourth-order valence-electron chi connectivity index (χ4n) is 2.64. The Bertz CT molecular complexity index is 573. The van der Waals surface area contributed by atoms with Gasteiger partial charge in [0.1, 0.15) is 11.6 Å². The summed E-state index contributed by atoms with van der Waals surface area (Å²) >= 11 is 3.42. The summed E-state index contributed by atoms with van der Waals surface area (Å²) in [5.41, 5.74) is 0.649. The first-order valence-corrected chi connectivity index (χ1v) is 7.48. The molecule has 0 bridgehead atoms. The first-order valence-electron chi connectivity index (χ1n) is 6.69. The third-order valence-electron chi connectivity index (χ3n) is 3.58. The molecule has 2 aromatic rings. The van der Waals surface area contributed by atoms with E-state index in [1.807, 2.05) is 18.2 Å². The molecule has 0 amide bonds. The Kier molecular flexibility index (Phi) is 5.81. The smallest absolute Gasteiger partial charge is 0.128 e. The second kappa shape index (κ2) is 7.40. The molecule has 1 aromatic heterocycles. The highest BCUT2D eigenvalue weighted by molar-refractivity contribution is 9.10. The van der Waals surface area contributed by atoms with Crippen molar-refractivity contribution in [3.63, 3.8) is 0 Å². The molecule has 3 nitrogen and oxygen atoms in total. The Morgan fingerprint density at radius 3 is 2.67 bits per heavy atom. The molecule has 21 heavy (non-hydrogen) atoms. The number of nitrogens with zero attached hydrogens (tertiary/aromatic N) is 1. The first-order chi connectivity index (χ1) is 9.75. The summed E-state index contributed by atoms with van der Waals surface area (Å²) in [5, 5.41) is 3.32. The van der Waals surface area contributed by atoms with E-state index >= 15 is 0 Å². The second-order valence-corrected chi connectivity index (χ2v) is 5.79. The lowest BCUT2D eigenvalue weighted by Gasteiger charge is -2.34. The number of hydrogen-bond donors (Lipinski definition) is 1. The third kappa shape index (κ3) is 3.66. The minimum atomic E-state index is -0.201. The van der Waals surface area contributed by atoms with Gasteiger partial charge in [-0.3, -0.25) is 4.90 Å². The molecule has 1 fully saturated rings. The molecular weight excluding hydrogens is 359 g/mol. The van der Waals surface area contributed by atoms with Crippen LogP contribution >= 0.6 is 28.3 Å². The molecule has 114 valence electrons. The van der Waals surface area contributed by atoms with Gasteiger partial charge in [0, 0.05) is 36.2 Å². The van der Waals surface area contributed by atoms with E-state index < -0.39 is 0 Å². The minimum absolute atomic E-state index is 0. The Morgan fingerprint density at radius 1 is 1.24 bits per heavy atom. The van der Waals surface area contributed by atoms with E-state index in [-0.39, 0.29) is 24.3 Å². The van der Waals surface area contributed by atoms with Crippen LogP contribution in [-0.4, -0.2) is 31.1 Å². The highest BCUT2D eigenvalue weighted by Gasteiger charge is 2.28. The topological polar surface area (TPSA) is 28.4 Å². The fourth-order valence-corrected chi connectivity index (χ4v) is 3.02. The molecule has 1 saturated heterocycles. The summed E-state index contributed by atoms with van der Waals surface area (Å²) in [6, 6.07) is 8.63. The van der Waals surface area contributed by atoms with E-state index in [1.54, 1.807) is 12.3 Å². The van der Waals surface area contributed by atoms with Crippen molar-refractivity contribution in [2.24, 2.45) is 0 Å². The number of furan rings is 1. The Labute approximate surface area is 138 Å². The molecule has 0 unspecified atom stereocenters. The summed E-state index contributed by atoms with van der Waals surface area (Å²) in [5.74, 6) is 0.581. The highest BCUT2D eigenvalue weighted by Crippen LogP contribution is 2.32. The Hall–Kier alpha value is -0.880. The second-order valence-electron chi connectivity index (χ2n) is 4.87. The van der Waals surface area contributed by atoms with Gasteiger partial charge in [-0.1, -0.05) is 15.9 Å². The van der Waals surface area contributed by atoms with E-state index in [2.05, 4.69) is 26.1 Å². The number of hydrogen-bond acceptors (Lipinski definition) is 3. The minimum Gasteiger partial charge on any atom is -0.467 e. The van der Waals surface area contributed by atoms with Gasteiger partial charge in [-0.2, -0.15) is 0 Å².